The van der Waals surface area contributed by atoms with Crippen LogP contribution >= 0.6 is 23.5 Å². The molecule has 0 unspecified atom stereocenters. The Morgan fingerprint density at radius 2 is 0.986 bits per heavy atom. The van der Waals surface area contributed by atoms with Crippen molar-refractivity contribution in [2.24, 2.45) is 17.2 Å². The molecule has 0 saturated carbocycles. The van der Waals surface area contributed by atoms with Gasteiger partial charge in [0, 0.05) is 132 Å². The number of primary amides is 1. The molecule has 0 spiro atoms. The first-order valence-electron chi connectivity index (χ1n) is 45.2. The first kappa shape index (κ1) is 108. The Labute approximate surface area is 815 Å². The summed E-state index contributed by atoms with van der Waals surface area (Å²) in [5, 5.41) is 98.6. The Kier molecular flexibility index (Phi) is 39.3. The topological polar surface area (TPSA) is 703 Å². The molecule has 0 radical (unpaired) electrons. The van der Waals surface area contributed by atoms with E-state index in [1.165, 1.54) is 86.0 Å². The lowest BCUT2D eigenvalue weighted by Gasteiger charge is -2.29. The number of aromatic hydroxyl groups is 1. The predicted molar refractivity (Wildman–Crippen MR) is 520 cm³/mol. The molecular formula is C94H116F2N24O19S2. The Morgan fingerprint density at radius 3 is 1.50 bits per heavy atom. The van der Waals surface area contributed by atoms with Crippen molar-refractivity contribution in [1.82, 2.24) is 94.4 Å². The molecule has 47 heteroatoms. The summed E-state index contributed by atoms with van der Waals surface area (Å²) in [6.45, 7) is 5.90. The molecule has 30 N–H and O–H groups in total. The predicted octanol–water partition coefficient (Wildman–Crippen LogP) is 0.0254. The van der Waals surface area contributed by atoms with Gasteiger partial charge in [0.1, 0.15) is 102 Å². The first-order chi connectivity index (χ1) is 67.2. The Bertz CT molecular complexity index is 6040. The van der Waals surface area contributed by atoms with Crippen molar-refractivity contribution in [3.63, 3.8) is 0 Å². The van der Waals surface area contributed by atoms with Crippen LogP contribution in [0.5, 0.6) is 5.75 Å². The highest BCUT2D eigenvalue weighted by Gasteiger charge is 2.41. The average Bonchev–Trinajstić information content (AvgIpc) is 1.67. The lowest BCUT2D eigenvalue weighted by molar-refractivity contribution is -0.139. The molecule has 0 saturated heterocycles. The largest absolute Gasteiger partial charge is 0.508 e. The van der Waals surface area contributed by atoms with Crippen LogP contribution < -0.4 is 97.0 Å². The van der Waals surface area contributed by atoms with Crippen molar-refractivity contribution >= 4 is 163 Å². The number of nitrogens with one attached hydrogen (secondary N) is 20. The molecule has 14 amide bonds. The number of H-pyrrole nitrogens is 3. The zero-order valence-electron chi connectivity index (χ0n) is 77.5. The van der Waals surface area contributed by atoms with Crippen molar-refractivity contribution in [3.05, 3.63) is 197 Å². The van der Waals surface area contributed by atoms with Gasteiger partial charge in [-0.3, -0.25) is 82.7 Å². The number of nitrogens with two attached hydrogens (primary N) is 3. The third-order valence-electron chi connectivity index (χ3n) is 22.7. The van der Waals surface area contributed by atoms with E-state index < -0.39 is 242 Å². The standard InChI is InChI=1S/C94H116F2N24O19S2/c1-6-10-65-81(128)111-67(27-28-76(125)126)82(129)112-69(32-50-17-23-61(124)24-18-50)85(132)110-66(11-7-2)83(130)119-78(47(4)122)92(139)117-74(79(97)127)44-140-42-51-12-8-13-52(30-51)43-141-45-75(118-84(131)68(105-48(5)123)31-49-15-21-58(22-16-49)108-94(100)101)90(137)114-71(38-59-35-53-33-56(95)19-25-63(53)106-59)87(134)113-72(39-60-36-54-34-57(96)20-26-64(54)107-60)88(135)116-73(41-104-93(98)99)89(136)120-77(46(3)121)91(138)115-70(86(133)109-65)37-55-40-103-80-62(55)14-9-29-102-80/h8-9,12-26,29-30,33-36,40,46-47,65-75,77-78,106-107,121-122,124H,6-7,10-11,27-28,31-32,37-39,41-45H2,1-5H3,(H2,97,127)(H,102,103)(H,105,123)(H,109,133)(H,110,132)(H,111,128)(H,112,129)(H,113,134)(H,114,137)(H,115,138)(H,116,135)(H,117,139)(H,118,131)(H,119,130)(H,120,136)(H,125,126)(H4,98,99,104)(H4,100,101,108)/t46-,47-,65+,66+,67+,68+,69+,70+,71+,72+,73+,74+,75+,77+,78+/m1/s1. The fourth-order valence-electron chi connectivity index (χ4n) is 15.5. The van der Waals surface area contributed by atoms with E-state index in [0.29, 0.717) is 66.3 Å². The number of hydrogen-bond donors (Lipinski definition) is 27. The number of carboxylic acid groups (broad SMARTS) is 1. The second kappa shape index (κ2) is 51.4. The van der Waals surface area contributed by atoms with Crippen molar-refractivity contribution < 1.29 is 101 Å². The number of rotatable bonds is 26. The van der Waals surface area contributed by atoms with E-state index in [-0.39, 0.29) is 78.2 Å². The fraction of sp³-hybridized carbons (Fsp3) is 0.383. The molecule has 1 aliphatic rings. The van der Waals surface area contributed by atoms with E-state index in [4.69, 9.17) is 28.0 Å². The van der Waals surface area contributed by atoms with E-state index >= 15 is 28.8 Å². The second-order valence-corrected chi connectivity index (χ2v) is 36.1. The quantitative estimate of drug-likeness (QED) is 0.0251. The molecule has 4 aromatic heterocycles. The van der Waals surface area contributed by atoms with Gasteiger partial charge in [-0.1, -0.05) is 75.2 Å². The van der Waals surface area contributed by atoms with Gasteiger partial charge >= 0.3 is 5.97 Å². The van der Waals surface area contributed by atoms with Crippen LogP contribution in [0.2, 0.25) is 0 Å². The molecule has 752 valence electrons. The van der Waals surface area contributed by atoms with Crippen LogP contribution in [-0.4, -0.2) is 250 Å². The molecule has 0 fully saturated rings. The number of thioether (sulfide) groups is 2. The van der Waals surface area contributed by atoms with Crippen LogP contribution in [0.3, 0.4) is 0 Å². The number of fused-ring (bicyclic) bond motifs is 5. The lowest BCUT2D eigenvalue weighted by Crippen LogP contribution is -2.64. The van der Waals surface area contributed by atoms with Crippen LogP contribution in [0.4, 0.5) is 14.5 Å². The molecule has 43 nitrogen and oxygen atoms in total. The number of amides is 14. The van der Waals surface area contributed by atoms with Gasteiger partial charge in [0.25, 0.3) is 0 Å². The Hall–Kier alpha value is -15.3. The van der Waals surface area contributed by atoms with Crippen molar-refractivity contribution in [2.75, 3.05) is 23.4 Å². The van der Waals surface area contributed by atoms with E-state index in [1.807, 2.05) is 0 Å². The van der Waals surface area contributed by atoms with Crippen molar-refractivity contribution in [3.8, 4) is 5.75 Å². The van der Waals surface area contributed by atoms with Gasteiger partial charge in [-0.2, -0.15) is 23.5 Å². The monoisotopic (exact) mass is 1990 g/mol. The summed E-state index contributed by atoms with van der Waals surface area (Å²) in [4.78, 5) is 233. The number of phenolic OH excluding ortho intramolecular Hbond substituents is 1. The highest BCUT2D eigenvalue weighted by Crippen LogP contribution is 2.26. The van der Waals surface area contributed by atoms with Gasteiger partial charge in [0.2, 0.25) is 82.7 Å². The highest BCUT2D eigenvalue weighted by molar-refractivity contribution is 7.98. The number of aliphatic hydroxyl groups is 2. The number of nitrogens with zero attached hydrogens (tertiary/aromatic N) is 1. The lowest BCUT2D eigenvalue weighted by atomic mass is 10.0. The van der Waals surface area contributed by atoms with Crippen LogP contribution in [0.15, 0.2) is 146 Å². The van der Waals surface area contributed by atoms with Crippen molar-refractivity contribution in [1.29, 1.82) is 10.8 Å². The van der Waals surface area contributed by atoms with Crippen molar-refractivity contribution in [2.45, 2.75) is 208 Å². The van der Waals surface area contributed by atoms with Crippen LogP contribution in [-0.2, 0) is 116 Å². The summed E-state index contributed by atoms with van der Waals surface area (Å²) < 4.78 is 29.9. The molecule has 141 heavy (non-hydrogen) atoms. The summed E-state index contributed by atoms with van der Waals surface area (Å²) in [7, 11) is 0. The molecule has 5 heterocycles. The molecule has 2 bridgehead atoms. The summed E-state index contributed by atoms with van der Waals surface area (Å²) in [5.74, 6) is -19.4. The average molecular weight is 1990 g/mol. The smallest absolute Gasteiger partial charge is 0.303 e. The minimum absolute atomic E-state index is 0.0988. The number of guanidine groups is 2. The van der Waals surface area contributed by atoms with Crippen LogP contribution in [0.25, 0.3) is 32.8 Å². The number of aliphatic carboxylic acids is 1. The maximum absolute atomic E-state index is 15.8. The summed E-state index contributed by atoms with van der Waals surface area (Å²) >= 11 is 2.25. The Morgan fingerprint density at radius 1 is 0.518 bits per heavy atom. The van der Waals surface area contributed by atoms with Gasteiger partial charge in [0.05, 0.1) is 12.2 Å². The third kappa shape index (κ3) is 32.4. The SMILES string of the molecule is CCC[C@@H]1NC(=O)[C@H](Cc2c[nH]c3ncccc23)NC(=O)[C@H]([C@@H](C)O)NC(=O)[C@H](CNC(=N)N)NC(=O)[C@H](Cc2cc3cc(F)ccc3[nH]2)NC(=O)[C@H](Cc2cc3cc(F)ccc3[nH]2)NC(=O)[C@@H](NC(=O)[C@H](Cc2ccc(NC(=N)N)cc2)NC(C)=O)CSCc2cccc(c2)CSC[C@@H](C(N)=O)NC(=O)[C@H]([C@@H](C)O)NC(=O)[C@H](CCC)NC(=O)[C@H](Cc2ccc(O)cc2)NC(=O)[C@H](CCC(=O)O)NC1=O. The normalized spacial score (nSPS) is 21.7. The molecule has 10 rings (SSSR count). The number of phenols is 1. The number of carboxylic acids is 1. The molecule has 0 aliphatic carbocycles. The number of hydrogen-bond acceptors (Lipinski definition) is 23. The minimum atomic E-state index is -2.09. The van der Waals surface area contributed by atoms with E-state index in [1.54, 1.807) is 74.5 Å². The zero-order chi connectivity index (χ0) is 102. The number of aliphatic hydroxyl groups excluding tert-OH is 2. The maximum atomic E-state index is 15.8. The van der Waals surface area contributed by atoms with E-state index in [2.05, 4.69) is 99.7 Å². The number of pyridine rings is 1. The number of anilines is 1. The second-order valence-electron chi connectivity index (χ2n) is 34.1. The number of aromatic nitrogens is 4. The van der Waals surface area contributed by atoms with E-state index in [9.17, 15) is 72.4 Å². The molecule has 1 aliphatic heterocycles. The van der Waals surface area contributed by atoms with Gasteiger partial charge in [0.15, 0.2) is 11.9 Å². The van der Waals surface area contributed by atoms with Gasteiger partial charge in [-0.15, -0.1) is 0 Å². The number of benzene rings is 5. The van der Waals surface area contributed by atoms with Gasteiger partial charge < -0.3 is 132 Å². The molecular weight excluding hydrogens is 1870 g/mol. The minimum Gasteiger partial charge on any atom is -0.508 e. The summed E-state index contributed by atoms with van der Waals surface area (Å²) in [6.07, 6.45) is -4.16. The number of halogens is 2. The molecule has 15 atom stereocenters. The molecule has 9 aromatic rings. The maximum Gasteiger partial charge on any atom is 0.303 e. The Balaban J connectivity index is 1.04. The number of carbonyl (C=O) groups excluding carboxylic acids is 14. The van der Waals surface area contributed by atoms with Crippen LogP contribution in [0.1, 0.15) is 112 Å². The summed E-state index contributed by atoms with van der Waals surface area (Å²) in [6, 6.07) is 9.77. The fourth-order valence-corrected chi connectivity index (χ4v) is 17.6. The third-order valence-corrected chi connectivity index (χ3v) is 24.9. The zero-order valence-corrected chi connectivity index (χ0v) is 79.1. The summed E-state index contributed by atoms with van der Waals surface area (Å²) in [5.41, 5.74) is 21.5. The van der Waals surface area contributed by atoms with Gasteiger partial charge in [-0.25, -0.2) is 13.8 Å². The number of carbonyl (C=O) groups is 15. The highest BCUT2D eigenvalue weighted by atomic mass is 32.2. The van der Waals surface area contributed by atoms with Crippen LogP contribution in [0, 0.1) is 22.5 Å². The number of aromatic amines is 3. The van der Waals surface area contributed by atoms with Gasteiger partial charge in [-0.05, 0) is 146 Å². The first-order valence-corrected chi connectivity index (χ1v) is 47.5. The van der Waals surface area contributed by atoms with E-state index in [0.717, 1.165) is 43.4 Å². The molecule has 5 aromatic carbocycles.